The maximum Gasteiger partial charge on any atom is 0.287 e. The molecule has 2 N–H and O–H groups in total. The van der Waals surface area contributed by atoms with E-state index in [1.807, 2.05) is 4.57 Å². The van der Waals surface area contributed by atoms with Gasteiger partial charge < -0.3 is 19.9 Å². The number of nitrogens with zero attached hydrogens (tertiary/aromatic N) is 2. The van der Waals surface area contributed by atoms with E-state index in [0.29, 0.717) is 18.1 Å². The first-order chi connectivity index (χ1) is 13.2. The highest BCUT2D eigenvalue weighted by Crippen LogP contribution is 2.23. The van der Waals surface area contributed by atoms with Crippen LogP contribution in [0.15, 0.2) is 0 Å². The normalized spacial score (nSPS) is 23.0. The molecule has 1 unspecified atom stereocenters. The Morgan fingerprint density at radius 2 is 1.89 bits per heavy atom. The smallest absolute Gasteiger partial charge is 0.287 e. The van der Waals surface area contributed by atoms with E-state index in [1.54, 1.807) is 0 Å². The summed E-state index contributed by atoms with van der Waals surface area (Å²) >= 11 is 0. The van der Waals surface area contributed by atoms with E-state index in [0.717, 1.165) is 63.8 Å². The SMILES string of the molecule is O=C(NCC1CCCO1)c1nc(C(=O)NC2CCCCC2)n2c1CCCC2. The summed E-state index contributed by atoms with van der Waals surface area (Å²) in [5.74, 6) is 0.0774. The first-order valence-electron chi connectivity index (χ1n) is 10.5. The van der Waals surface area contributed by atoms with E-state index in [9.17, 15) is 9.59 Å². The Balaban J connectivity index is 1.48. The number of hydrogen-bond acceptors (Lipinski definition) is 4. The molecule has 1 atom stereocenters. The fourth-order valence-electron chi connectivity index (χ4n) is 4.49. The average Bonchev–Trinajstić information content (AvgIpc) is 3.35. The van der Waals surface area contributed by atoms with Gasteiger partial charge in [0.2, 0.25) is 0 Å². The second-order valence-electron chi connectivity index (χ2n) is 7.99. The van der Waals surface area contributed by atoms with Crippen LogP contribution in [0, 0.1) is 0 Å². The number of hydrogen-bond donors (Lipinski definition) is 2. The van der Waals surface area contributed by atoms with E-state index in [-0.39, 0.29) is 24.0 Å². The van der Waals surface area contributed by atoms with Crippen LogP contribution >= 0.6 is 0 Å². The van der Waals surface area contributed by atoms with Gasteiger partial charge in [-0.05, 0) is 44.9 Å². The summed E-state index contributed by atoms with van der Waals surface area (Å²) < 4.78 is 7.54. The Morgan fingerprint density at radius 1 is 1.04 bits per heavy atom. The van der Waals surface area contributed by atoms with Crippen LogP contribution in [0.2, 0.25) is 0 Å². The lowest BCUT2D eigenvalue weighted by molar-refractivity contribution is 0.0853. The molecule has 1 aliphatic carbocycles. The largest absolute Gasteiger partial charge is 0.376 e. The minimum atomic E-state index is -0.187. The van der Waals surface area contributed by atoms with Crippen molar-refractivity contribution in [3.05, 3.63) is 17.2 Å². The van der Waals surface area contributed by atoms with E-state index < -0.39 is 0 Å². The number of imidazole rings is 1. The Bertz CT molecular complexity index is 688. The van der Waals surface area contributed by atoms with E-state index in [2.05, 4.69) is 15.6 Å². The molecule has 0 radical (unpaired) electrons. The van der Waals surface area contributed by atoms with Crippen molar-refractivity contribution in [3.63, 3.8) is 0 Å². The molecule has 0 spiro atoms. The Morgan fingerprint density at radius 3 is 2.67 bits per heavy atom. The van der Waals surface area contributed by atoms with Gasteiger partial charge in [-0.1, -0.05) is 19.3 Å². The first-order valence-corrected chi connectivity index (χ1v) is 10.5. The van der Waals surface area contributed by atoms with Gasteiger partial charge in [-0.25, -0.2) is 4.98 Å². The quantitative estimate of drug-likeness (QED) is 0.827. The van der Waals surface area contributed by atoms with Crippen molar-refractivity contribution in [2.24, 2.45) is 0 Å². The molecule has 2 fully saturated rings. The van der Waals surface area contributed by atoms with Gasteiger partial charge in [-0.2, -0.15) is 0 Å². The summed E-state index contributed by atoms with van der Waals surface area (Å²) in [6.45, 7) is 2.04. The molecule has 1 saturated carbocycles. The summed E-state index contributed by atoms with van der Waals surface area (Å²) in [6, 6.07) is 0.236. The molecule has 4 rings (SSSR count). The summed E-state index contributed by atoms with van der Waals surface area (Å²) in [6.07, 6.45) is 10.6. The third-order valence-corrected chi connectivity index (χ3v) is 5.99. The molecule has 0 bridgehead atoms. The number of ether oxygens (including phenoxy) is 1. The zero-order valence-electron chi connectivity index (χ0n) is 16.0. The van der Waals surface area contributed by atoms with Crippen molar-refractivity contribution in [3.8, 4) is 0 Å². The highest BCUT2D eigenvalue weighted by molar-refractivity contribution is 5.97. The standard InChI is InChI=1S/C20H30N4O3/c25-19(21-13-15-9-6-12-27-15)17-16-10-4-5-11-24(16)18(23-17)20(26)22-14-7-2-1-3-8-14/h14-15H,1-13H2,(H,21,25)(H,22,26). The fourth-order valence-corrected chi connectivity index (χ4v) is 4.49. The number of amides is 2. The molecule has 27 heavy (non-hydrogen) atoms. The van der Waals surface area contributed by atoms with E-state index >= 15 is 0 Å². The van der Waals surface area contributed by atoms with Gasteiger partial charge in [-0.3, -0.25) is 9.59 Å². The van der Waals surface area contributed by atoms with Crippen molar-refractivity contribution in [1.82, 2.24) is 20.2 Å². The monoisotopic (exact) mass is 374 g/mol. The summed E-state index contributed by atoms with van der Waals surface area (Å²) in [5.41, 5.74) is 1.32. The maximum atomic E-state index is 12.8. The lowest BCUT2D eigenvalue weighted by Crippen LogP contribution is -2.37. The van der Waals surface area contributed by atoms with Gasteiger partial charge in [-0.15, -0.1) is 0 Å². The van der Waals surface area contributed by atoms with Crippen molar-refractivity contribution < 1.29 is 14.3 Å². The minimum Gasteiger partial charge on any atom is -0.376 e. The lowest BCUT2D eigenvalue weighted by Gasteiger charge is -2.23. The molecule has 7 nitrogen and oxygen atoms in total. The molecular formula is C20H30N4O3. The van der Waals surface area contributed by atoms with E-state index in [4.69, 9.17) is 4.74 Å². The highest BCUT2D eigenvalue weighted by Gasteiger charge is 2.29. The molecule has 2 aliphatic heterocycles. The number of aromatic nitrogens is 2. The Hall–Kier alpha value is -1.89. The molecule has 1 aromatic heterocycles. The molecule has 7 heteroatoms. The van der Waals surface area contributed by atoms with Crippen LogP contribution in [-0.2, 0) is 17.7 Å². The Kier molecular flexibility index (Phi) is 5.76. The predicted molar refractivity (Wildman–Crippen MR) is 101 cm³/mol. The van der Waals surface area contributed by atoms with Gasteiger partial charge in [0.15, 0.2) is 5.82 Å². The number of nitrogens with one attached hydrogen (secondary N) is 2. The average molecular weight is 374 g/mol. The molecule has 3 aliphatic rings. The number of fused-ring (bicyclic) bond motifs is 1. The van der Waals surface area contributed by atoms with Crippen LogP contribution in [-0.4, -0.2) is 46.7 Å². The van der Waals surface area contributed by atoms with Crippen LogP contribution < -0.4 is 10.6 Å². The van der Waals surface area contributed by atoms with Gasteiger partial charge in [0, 0.05) is 25.7 Å². The van der Waals surface area contributed by atoms with Gasteiger partial charge in [0.25, 0.3) is 11.8 Å². The summed E-state index contributed by atoms with van der Waals surface area (Å²) in [4.78, 5) is 30.1. The topological polar surface area (TPSA) is 85.2 Å². The van der Waals surface area contributed by atoms with Crippen LogP contribution in [0.25, 0.3) is 0 Å². The summed E-state index contributed by atoms with van der Waals surface area (Å²) in [5, 5.41) is 6.09. The second-order valence-corrected chi connectivity index (χ2v) is 7.99. The van der Waals surface area contributed by atoms with Crippen LogP contribution in [0.1, 0.15) is 84.6 Å². The van der Waals surface area contributed by atoms with Gasteiger partial charge in [0.1, 0.15) is 5.69 Å². The lowest BCUT2D eigenvalue weighted by atomic mass is 9.95. The van der Waals surface area contributed by atoms with Crippen molar-refractivity contribution in [2.75, 3.05) is 13.2 Å². The van der Waals surface area contributed by atoms with Crippen molar-refractivity contribution in [1.29, 1.82) is 0 Å². The molecule has 3 heterocycles. The summed E-state index contributed by atoms with van der Waals surface area (Å²) in [7, 11) is 0. The van der Waals surface area contributed by atoms with E-state index in [1.165, 1.54) is 19.3 Å². The zero-order valence-corrected chi connectivity index (χ0v) is 16.0. The molecular weight excluding hydrogens is 344 g/mol. The Labute approximate surface area is 160 Å². The number of carbonyl (C=O) groups excluding carboxylic acids is 2. The molecule has 148 valence electrons. The third kappa shape index (κ3) is 4.18. The number of rotatable bonds is 5. The second kappa shape index (κ2) is 8.42. The third-order valence-electron chi connectivity index (χ3n) is 5.99. The highest BCUT2D eigenvalue weighted by atomic mass is 16.5. The van der Waals surface area contributed by atoms with Crippen molar-refractivity contribution >= 4 is 11.8 Å². The minimum absolute atomic E-state index is 0.0986. The van der Waals surface area contributed by atoms with Gasteiger partial charge >= 0.3 is 0 Å². The van der Waals surface area contributed by atoms with Crippen molar-refractivity contribution in [2.45, 2.75) is 82.9 Å². The maximum absolute atomic E-state index is 12.8. The van der Waals surface area contributed by atoms with Crippen LogP contribution in [0.5, 0.6) is 0 Å². The first kappa shape index (κ1) is 18.5. The zero-order chi connectivity index (χ0) is 18.6. The molecule has 1 aromatic rings. The molecule has 2 amide bonds. The van der Waals surface area contributed by atoms with Gasteiger partial charge in [0.05, 0.1) is 11.8 Å². The van der Waals surface area contributed by atoms with Crippen LogP contribution in [0.3, 0.4) is 0 Å². The fraction of sp³-hybridized carbons (Fsp3) is 0.750. The van der Waals surface area contributed by atoms with Crippen LogP contribution in [0.4, 0.5) is 0 Å². The number of carbonyl (C=O) groups is 2. The molecule has 0 aromatic carbocycles. The molecule has 1 saturated heterocycles. The predicted octanol–water partition coefficient (Wildman–Crippen LogP) is 2.19.